The van der Waals surface area contributed by atoms with Gasteiger partial charge in [0.1, 0.15) is 5.82 Å². The quantitative estimate of drug-likeness (QED) is 0.594. The number of benzene rings is 2. The van der Waals surface area contributed by atoms with Crippen LogP contribution in [0.2, 0.25) is 0 Å². The lowest BCUT2D eigenvalue weighted by atomic mass is 9.57. The molecule has 2 aliphatic rings. The molecule has 158 valence electrons. The number of rotatable bonds is 2. The van der Waals surface area contributed by atoms with Crippen LogP contribution in [0, 0.1) is 10.8 Å². The Labute approximate surface area is 176 Å². The van der Waals surface area contributed by atoms with Crippen LogP contribution in [-0.4, -0.2) is 21.8 Å². The summed E-state index contributed by atoms with van der Waals surface area (Å²) in [6.45, 7) is 11.1. The standard InChI is InChI=1S/C24H28N2O4/c1-21(2,3)24-22(4,5)14-28-23(24,29-30-24)15-11-12-16(19(27)13-15)20-25-17-9-7-8-10-18(17)26(20)6/h7-13,27H,14H2,1-6H3/p-1. The fraction of sp³-hybridized carbons (Fsp3) is 0.458. The summed E-state index contributed by atoms with van der Waals surface area (Å²) in [5, 5.41) is 13.2. The Morgan fingerprint density at radius 1 is 1.07 bits per heavy atom. The average molecular weight is 407 g/mol. The van der Waals surface area contributed by atoms with Crippen molar-refractivity contribution < 1.29 is 19.6 Å². The normalized spacial score (nSPS) is 27.8. The van der Waals surface area contributed by atoms with Gasteiger partial charge in [0.2, 0.25) is 0 Å². The van der Waals surface area contributed by atoms with Crippen molar-refractivity contribution in [2.24, 2.45) is 17.9 Å². The third kappa shape index (κ3) is 2.16. The van der Waals surface area contributed by atoms with Gasteiger partial charge in [0.15, 0.2) is 5.60 Å². The van der Waals surface area contributed by atoms with E-state index in [2.05, 4.69) is 39.6 Å². The summed E-state index contributed by atoms with van der Waals surface area (Å²) in [6.07, 6.45) is 0. The van der Waals surface area contributed by atoms with Crippen molar-refractivity contribution in [3.63, 3.8) is 0 Å². The first-order valence-corrected chi connectivity index (χ1v) is 10.3. The van der Waals surface area contributed by atoms with Gasteiger partial charge in [0, 0.05) is 29.0 Å². The summed E-state index contributed by atoms with van der Waals surface area (Å²) in [7, 11) is 1.92. The van der Waals surface area contributed by atoms with Crippen LogP contribution in [0.4, 0.5) is 0 Å². The topological polar surface area (TPSA) is 68.6 Å². The first-order valence-electron chi connectivity index (χ1n) is 10.3. The summed E-state index contributed by atoms with van der Waals surface area (Å²) >= 11 is 0. The predicted octanol–water partition coefficient (Wildman–Crippen LogP) is 4.27. The largest absolute Gasteiger partial charge is 0.872 e. The van der Waals surface area contributed by atoms with Crippen LogP contribution >= 0.6 is 0 Å². The van der Waals surface area contributed by atoms with E-state index < -0.39 is 11.4 Å². The van der Waals surface area contributed by atoms with Crippen LogP contribution in [-0.2, 0) is 27.3 Å². The number of aromatic nitrogens is 2. The second-order valence-electron chi connectivity index (χ2n) is 10.1. The first kappa shape index (κ1) is 19.5. The number of para-hydroxylation sites is 2. The molecule has 5 rings (SSSR count). The molecule has 0 spiro atoms. The summed E-state index contributed by atoms with van der Waals surface area (Å²) in [4.78, 5) is 16.2. The Bertz CT molecular complexity index is 1160. The Morgan fingerprint density at radius 2 is 1.80 bits per heavy atom. The molecule has 2 aliphatic heterocycles. The summed E-state index contributed by atoms with van der Waals surface area (Å²) in [5.41, 5.74) is 1.80. The fourth-order valence-corrected chi connectivity index (χ4v) is 5.54. The molecule has 2 atom stereocenters. The number of fused-ring (bicyclic) bond motifs is 2. The molecule has 0 saturated carbocycles. The van der Waals surface area contributed by atoms with Crippen LogP contribution in [0.5, 0.6) is 5.75 Å². The zero-order valence-electron chi connectivity index (χ0n) is 18.3. The van der Waals surface area contributed by atoms with Gasteiger partial charge in [-0.2, -0.15) is 4.89 Å². The van der Waals surface area contributed by atoms with E-state index in [1.165, 1.54) is 0 Å². The smallest absolute Gasteiger partial charge is 0.261 e. The van der Waals surface area contributed by atoms with Crippen LogP contribution in [0.25, 0.3) is 22.4 Å². The highest BCUT2D eigenvalue weighted by atomic mass is 17.3. The van der Waals surface area contributed by atoms with E-state index in [1.54, 1.807) is 6.07 Å². The van der Waals surface area contributed by atoms with E-state index in [4.69, 9.17) is 14.5 Å². The summed E-state index contributed by atoms with van der Waals surface area (Å²) in [6, 6.07) is 13.2. The van der Waals surface area contributed by atoms with Crippen molar-refractivity contribution >= 4 is 11.0 Å². The molecule has 6 heteroatoms. The average Bonchev–Trinajstić information content (AvgIpc) is 3.04. The lowest BCUT2D eigenvalue weighted by molar-refractivity contribution is -0.626. The van der Waals surface area contributed by atoms with Crippen LogP contribution < -0.4 is 5.11 Å². The number of aryl methyl sites for hydroxylation is 1. The van der Waals surface area contributed by atoms with Gasteiger partial charge in [-0.05, 0) is 12.1 Å². The van der Waals surface area contributed by atoms with Crippen LogP contribution in [0.3, 0.4) is 0 Å². The molecule has 6 nitrogen and oxygen atoms in total. The van der Waals surface area contributed by atoms with Crippen molar-refractivity contribution in [2.75, 3.05) is 6.61 Å². The van der Waals surface area contributed by atoms with Crippen molar-refractivity contribution in [1.29, 1.82) is 0 Å². The van der Waals surface area contributed by atoms with Gasteiger partial charge in [0.25, 0.3) is 5.79 Å². The molecule has 0 aliphatic carbocycles. The Balaban J connectivity index is 1.63. The monoisotopic (exact) mass is 407 g/mol. The third-order valence-corrected chi connectivity index (χ3v) is 6.78. The van der Waals surface area contributed by atoms with Gasteiger partial charge in [-0.3, -0.25) is 0 Å². The number of ether oxygens (including phenoxy) is 1. The lowest BCUT2D eigenvalue weighted by Crippen LogP contribution is -2.73. The van der Waals surface area contributed by atoms with E-state index in [9.17, 15) is 5.11 Å². The number of hydrogen-bond acceptors (Lipinski definition) is 5. The molecule has 3 aromatic rings. The molecule has 2 aromatic carbocycles. The van der Waals surface area contributed by atoms with E-state index >= 15 is 0 Å². The van der Waals surface area contributed by atoms with Crippen molar-refractivity contribution in [3.8, 4) is 17.1 Å². The minimum atomic E-state index is -1.10. The second kappa shape index (κ2) is 5.84. The van der Waals surface area contributed by atoms with Gasteiger partial charge in [-0.1, -0.05) is 70.7 Å². The Kier molecular flexibility index (Phi) is 3.81. The molecule has 1 aromatic heterocycles. The maximum atomic E-state index is 13.2. The van der Waals surface area contributed by atoms with Crippen LogP contribution in [0.15, 0.2) is 42.5 Å². The SMILES string of the molecule is Cn1c(-c2ccc(C34OCC(C)(C)C3(C(C)(C)C)OO4)cc2[O-])nc2ccccc21. The van der Waals surface area contributed by atoms with E-state index in [0.717, 1.165) is 11.0 Å². The van der Waals surface area contributed by atoms with E-state index in [-0.39, 0.29) is 16.6 Å². The molecule has 0 radical (unpaired) electrons. The zero-order valence-corrected chi connectivity index (χ0v) is 18.3. The van der Waals surface area contributed by atoms with Gasteiger partial charge in [0.05, 0.1) is 17.6 Å². The maximum Gasteiger partial charge on any atom is 0.261 e. The van der Waals surface area contributed by atoms with Gasteiger partial charge in [-0.15, -0.1) is 0 Å². The summed E-state index contributed by atoms with van der Waals surface area (Å²) < 4.78 is 8.18. The van der Waals surface area contributed by atoms with Crippen molar-refractivity contribution in [2.45, 2.75) is 46.0 Å². The third-order valence-electron chi connectivity index (χ3n) is 6.78. The minimum Gasteiger partial charge on any atom is -0.872 e. The van der Waals surface area contributed by atoms with E-state index in [0.29, 0.717) is 23.6 Å². The maximum absolute atomic E-state index is 13.2. The molecule has 2 saturated heterocycles. The molecular weight excluding hydrogens is 380 g/mol. The zero-order chi connectivity index (χ0) is 21.5. The van der Waals surface area contributed by atoms with Crippen LogP contribution in [0.1, 0.15) is 40.2 Å². The fourth-order valence-electron chi connectivity index (χ4n) is 5.54. The second-order valence-corrected chi connectivity index (χ2v) is 10.1. The molecule has 0 amide bonds. The highest BCUT2D eigenvalue weighted by Crippen LogP contribution is 2.69. The van der Waals surface area contributed by atoms with Gasteiger partial charge >= 0.3 is 0 Å². The number of hydrogen-bond donors (Lipinski definition) is 0. The first-order chi connectivity index (χ1) is 14.0. The molecular formula is C24H27N2O4-. The molecule has 30 heavy (non-hydrogen) atoms. The Hall–Kier alpha value is -2.41. The molecule has 3 heterocycles. The highest BCUT2D eigenvalue weighted by molar-refractivity contribution is 5.81. The Morgan fingerprint density at radius 3 is 2.40 bits per heavy atom. The van der Waals surface area contributed by atoms with Crippen molar-refractivity contribution in [1.82, 2.24) is 9.55 Å². The van der Waals surface area contributed by atoms with Gasteiger partial charge in [-0.25, -0.2) is 9.87 Å². The van der Waals surface area contributed by atoms with Crippen molar-refractivity contribution in [3.05, 3.63) is 48.0 Å². The molecule has 2 unspecified atom stereocenters. The molecule has 0 N–H and O–H groups in total. The van der Waals surface area contributed by atoms with E-state index in [1.807, 2.05) is 48.0 Å². The van der Waals surface area contributed by atoms with Gasteiger partial charge < -0.3 is 14.4 Å². The predicted molar refractivity (Wildman–Crippen MR) is 111 cm³/mol. The lowest BCUT2D eigenvalue weighted by Gasteiger charge is -2.61. The molecule has 2 fully saturated rings. The number of nitrogens with zero attached hydrogens (tertiary/aromatic N) is 2. The minimum absolute atomic E-state index is 0.119. The highest BCUT2D eigenvalue weighted by Gasteiger charge is 2.81. The summed E-state index contributed by atoms with van der Waals surface area (Å²) in [5.74, 6) is -0.573. The molecule has 0 bridgehead atoms. The number of imidazole rings is 1.